The number of nitrogens with zero attached hydrogens (tertiary/aromatic N) is 2. The van der Waals surface area contributed by atoms with Gasteiger partial charge in [0.15, 0.2) is 0 Å². The number of carbonyl (C=O) groups excluding carboxylic acids is 2. The molecule has 4 aliphatic rings. The lowest BCUT2D eigenvalue weighted by molar-refractivity contribution is -0.128. The summed E-state index contributed by atoms with van der Waals surface area (Å²) >= 11 is 0. The van der Waals surface area contributed by atoms with E-state index < -0.39 is 0 Å². The topological polar surface area (TPSA) is 52.7 Å². The summed E-state index contributed by atoms with van der Waals surface area (Å²) in [5.41, 5.74) is 1.30. The van der Waals surface area contributed by atoms with Crippen molar-refractivity contribution in [2.24, 2.45) is 11.8 Å². The lowest BCUT2D eigenvalue weighted by Gasteiger charge is -2.54. The fraction of sp³-hybridized carbons (Fsp3) is 0.724. The van der Waals surface area contributed by atoms with Crippen molar-refractivity contribution in [1.82, 2.24) is 15.1 Å². The van der Waals surface area contributed by atoms with Crippen LogP contribution in [0.15, 0.2) is 24.3 Å². The Balaban J connectivity index is 1.44. The van der Waals surface area contributed by atoms with Crippen LogP contribution >= 0.6 is 0 Å². The van der Waals surface area contributed by atoms with Crippen molar-refractivity contribution in [3.05, 3.63) is 35.4 Å². The standard InChI is InChI=1S/C29H43N3O2/c1-21(2)20-32-28(34)24-13-5-4-12-23(24)26(29(32)15-7-3-8-16-29)27(33)30-19-22-11-10-18-31-17-9-6-14-25(22)31/h4-5,12-13,21-22,25-26H,3,6-11,14-20H2,1-2H3,(H,30,33)/t22-,25-,26-/m1/s1. The highest BCUT2D eigenvalue weighted by Crippen LogP contribution is 2.49. The molecule has 3 fully saturated rings. The maximum atomic E-state index is 14.1. The van der Waals surface area contributed by atoms with Gasteiger partial charge in [-0.1, -0.05) is 57.7 Å². The molecule has 3 heterocycles. The van der Waals surface area contributed by atoms with E-state index in [4.69, 9.17) is 0 Å². The number of hydrogen-bond acceptors (Lipinski definition) is 3. The third kappa shape index (κ3) is 4.29. The Labute approximate surface area is 205 Å². The van der Waals surface area contributed by atoms with Crippen molar-refractivity contribution >= 4 is 11.8 Å². The first-order valence-electron chi connectivity index (χ1n) is 13.9. The summed E-state index contributed by atoms with van der Waals surface area (Å²) in [7, 11) is 0. The molecule has 0 unspecified atom stereocenters. The van der Waals surface area contributed by atoms with E-state index in [2.05, 4.69) is 29.0 Å². The number of hydrogen-bond donors (Lipinski definition) is 1. The van der Waals surface area contributed by atoms with E-state index >= 15 is 0 Å². The molecule has 5 heteroatoms. The van der Waals surface area contributed by atoms with Crippen LogP contribution in [0.2, 0.25) is 0 Å². The van der Waals surface area contributed by atoms with Crippen molar-refractivity contribution in [3.63, 3.8) is 0 Å². The van der Waals surface area contributed by atoms with Gasteiger partial charge in [-0.3, -0.25) is 9.59 Å². The second-order valence-corrected chi connectivity index (χ2v) is 11.7. The number of rotatable bonds is 5. The first-order valence-corrected chi connectivity index (χ1v) is 13.9. The minimum atomic E-state index is -0.387. The molecule has 3 aliphatic heterocycles. The summed E-state index contributed by atoms with van der Waals surface area (Å²) in [5, 5.41) is 3.45. The zero-order chi connectivity index (χ0) is 23.7. The summed E-state index contributed by atoms with van der Waals surface area (Å²) in [5.74, 6) is 0.916. The van der Waals surface area contributed by atoms with Crippen LogP contribution in [0.5, 0.6) is 0 Å². The van der Waals surface area contributed by atoms with E-state index in [1.165, 1.54) is 51.6 Å². The Bertz CT molecular complexity index is 889. The molecule has 5 nitrogen and oxygen atoms in total. The second-order valence-electron chi connectivity index (χ2n) is 11.7. The summed E-state index contributed by atoms with van der Waals surface area (Å²) in [6.07, 6.45) is 11.6. The quantitative estimate of drug-likeness (QED) is 0.668. The maximum absolute atomic E-state index is 14.1. The molecular formula is C29H43N3O2. The van der Waals surface area contributed by atoms with Crippen LogP contribution in [0.25, 0.3) is 0 Å². The van der Waals surface area contributed by atoms with Gasteiger partial charge in [0.2, 0.25) is 5.91 Å². The number of piperidine rings is 2. The average Bonchev–Trinajstić information content (AvgIpc) is 2.86. The van der Waals surface area contributed by atoms with E-state index in [9.17, 15) is 9.59 Å². The molecule has 2 amide bonds. The maximum Gasteiger partial charge on any atom is 0.254 e. The number of benzene rings is 1. The monoisotopic (exact) mass is 465 g/mol. The van der Waals surface area contributed by atoms with Crippen LogP contribution in [0.3, 0.4) is 0 Å². The van der Waals surface area contributed by atoms with Crippen molar-refractivity contribution in [2.75, 3.05) is 26.2 Å². The molecule has 1 aromatic carbocycles. The highest BCUT2D eigenvalue weighted by atomic mass is 16.2. The molecule has 0 radical (unpaired) electrons. The fourth-order valence-corrected chi connectivity index (χ4v) is 7.62. The lowest BCUT2D eigenvalue weighted by Crippen LogP contribution is -2.63. The molecule has 1 aromatic rings. The zero-order valence-corrected chi connectivity index (χ0v) is 21.2. The van der Waals surface area contributed by atoms with Gasteiger partial charge >= 0.3 is 0 Å². The van der Waals surface area contributed by atoms with Crippen LogP contribution < -0.4 is 5.32 Å². The number of amides is 2. The van der Waals surface area contributed by atoms with Crippen molar-refractivity contribution < 1.29 is 9.59 Å². The van der Waals surface area contributed by atoms with E-state index in [1.807, 2.05) is 24.3 Å². The van der Waals surface area contributed by atoms with E-state index in [1.54, 1.807) is 0 Å². The van der Waals surface area contributed by atoms with Crippen molar-refractivity contribution in [1.29, 1.82) is 0 Å². The first kappa shape index (κ1) is 23.8. The van der Waals surface area contributed by atoms with E-state index in [-0.39, 0.29) is 23.3 Å². The molecule has 2 saturated heterocycles. The van der Waals surface area contributed by atoms with Crippen LogP contribution in [-0.4, -0.2) is 59.4 Å². The second kappa shape index (κ2) is 10.0. The molecule has 3 atom stereocenters. The molecule has 1 N–H and O–H groups in total. The predicted octanol–water partition coefficient (Wildman–Crippen LogP) is 4.97. The van der Waals surface area contributed by atoms with Gasteiger partial charge in [-0.25, -0.2) is 0 Å². The minimum Gasteiger partial charge on any atom is -0.355 e. The molecular weight excluding hydrogens is 422 g/mol. The van der Waals surface area contributed by atoms with Gasteiger partial charge in [-0.15, -0.1) is 0 Å². The number of fused-ring (bicyclic) bond motifs is 2. The summed E-state index contributed by atoms with van der Waals surface area (Å²) in [4.78, 5) is 32.6. The highest BCUT2D eigenvalue weighted by molar-refractivity contribution is 6.02. The summed E-state index contributed by atoms with van der Waals surface area (Å²) in [6, 6.07) is 8.55. The molecule has 1 saturated carbocycles. The smallest absolute Gasteiger partial charge is 0.254 e. The highest BCUT2D eigenvalue weighted by Gasteiger charge is 2.54. The van der Waals surface area contributed by atoms with Gasteiger partial charge in [0.05, 0.1) is 11.5 Å². The van der Waals surface area contributed by atoms with Crippen molar-refractivity contribution in [2.45, 2.75) is 95.6 Å². The first-order chi connectivity index (χ1) is 16.5. The third-order valence-corrected chi connectivity index (χ3v) is 9.12. The SMILES string of the molecule is CC(C)CN1C(=O)c2ccccc2[C@H](C(=O)NC[C@H]2CCCN3CCCC[C@H]23)C12CCCCC2. The molecule has 1 aliphatic carbocycles. The van der Waals surface area contributed by atoms with E-state index in [0.717, 1.165) is 49.9 Å². The van der Waals surface area contributed by atoms with Gasteiger partial charge < -0.3 is 15.1 Å². The Morgan fingerprint density at radius 1 is 1.03 bits per heavy atom. The van der Waals surface area contributed by atoms with Gasteiger partial charge in [-0.05, 0) is 75.1 Å². The largest absolute Gasteiger partial charge is 0.355 e. The molecule has 1 spiro atoms. The summed E-state index contributed by atoms with van der Waals surface area (Å²) in [6.45, 7) is 8.29. The Morgan fingerprint density at radius 2 is 1.79 bits per heavy atom. The van der Waals surface area contributed by atoms with E-state index in [0.29, 0.717) is 17.9 Å². The van der Waals surface area contributed by atoms with Gasteiger partial charge in [0.25, 0.3) is 5.91 Å². The van der Waals surface area contributed by atoms with Crippen LogP contribution in [0, 0.1) is 11.8 Å². The molecule has 0 bridgehead atoms. The van der Waals surface area contributed by atoms with Gasteiger partial charge in [0.1, 0.15) is 0 Å². The van der Waals surface area contributed by atoms with Crippen molar-refractivity contribution in [3.8, 4) is 0 Å². The molecule has 34 heavy (non-hydrogen) atoms. The van der Waals surface area contributed by atoms with Crippen LogP contribution in [-0.2, 0) is 4.79 Å². The lowest BCUT2D eigenvalue weighted by atomic mass is 9.65. The fourth-order valence-electron chi connectivity index (χ4n) is 7.62. The summed E-state index contributed by atoms with van der Waals surface area (Å²) < 4.78 is 0. The number of carbonyl (C=O) groups is 2. The van der Waals surface area contributed by atoms with Crippen LogP contribution in [0.1, 0.15) is 99.9 Å². The minimum absolute atomic E-state index is 0.125. The normalized spacial score (nSPS) is 29.1. The Morgan fingerprint density at radius 3 is 2.59 bits per heavy atom. The van der Waals surface area contributed by atoms with Gasteiger partial charge in [0, 0.05) is 24.7 Å². The van der Waals surface area contributed by atoms with Gasteiger partial charge in [-0.2, -0.15) is 0 Å². The predicted molar refractivity (Wildman–Crippen MR) is 136 cm³/mol. The average molecular weight is 466 g/mol. The third-order valence-electron chi connectivity index (χ3n) is 9.12. The Hall–Kier alpha value is -1.88. The molecule has 186 valence electrons. The molecule has 0 aromatic heterocycles. The zero-order valence-electron chi connectivity index (χ0n) is 21.2. The Kier molecular flexibility index (Phi) is 7.02. The molecule has 5 rings (SSSR count). The number of nitrogens with one attached hydrogen (secondary N) is 1. The van der Waals surface area contributed by atoms with Crippen LogP contribution in [0.4, 0.5) is 0 Å².